The van der Waals surface area contributed by atoms with E-state index in [4.69, 9.17) is 21.0 Å². The van der Waals surface area contributed by atoms with Crippen molar-refractivity contribution in [1.82, 2.24) is 4.98 Å². The second-order valence-electron chi connectivity index (χ2n) is 5.25. The van der Waals surface area contributed by atoms with E-state index in [1.165, 1.54) is 17.5 Å². The third kappa shape index (κ3) is 5.28. The Morgan fingerprint density at radius 2 is 2.04 bits per heavy atom. The molecule has 0 aliphatic carbocycles. The normalized spacial score (nSPS) is 10.3. The minimum absolute atomic E-state index is 0.0593. The van der Waals surface area contributed by atoms with Gasteiger partial charge >= 0.3 is 11.9 Å². The molecule has 2 aromatic rings. The SMILES string of the molecule is CN(CCCC(=O)O)c1ncc(C(=O)Oc2ccc(C(=N)N)cc2)s1. The summed E-state index contributed by atoms with van der Waals surface area (Å²) in [6.07, 6.45) is 2.01. The molecule has 1 aromatic heterocycles. The van der Waals surface area contributed by atoms with Crippen LogP contribution < -0.4 is 15.4 Å². The quantitative estimate of drug-likeness (QED) is 0.283. The second kappa shape index (κ2) is 8.25. The van der Waals surface area contributed by atoms with Gasteiger partial charge in [-0.25, -0.2) is 9.78 Å². The van der Waals surface area contributed by atoms with Crippen LogP contribution in [0.25, 0.3) is 0 Å². The first-order valence-electron chi connectivity index (χ1n) is 7.42. The number of aliphatic carboxylic acids is 1. The van der Waals surface area contributed by atoms with Gasteiger partial charge in [-0.15, -0.1) is 0 Å². The highest BCUT2D eigenvalue weighted by Gasteiger charge is 2.15. The molecule has 0 saturated heterocycles. The Balaban J connectivity index is 1.95. The number of hydrogen-bond donors (Lipinski definition) is 3. The number of nitrogens with two attached hydrogens (primary N) is 1. The number of carbonyl (C=O) groups is 2. The minimum atomic E-state index is -0.840. The summed E-state index contributed by atoms with van der Waals surface area (Å²) in [5, 5.41) is 16.6. The molecule has 0 spiro atoms. The lowest BCUT2D eigenvalue weighted by atomic mass is 10.2. The number of rotatable bonds is 8. The monoisotopic (exact) mass is 362 g/mol. The lowest BCUT2D eigenvalue weighted by Crippen LogP contribution is -2.18. The number of nitrogens with zero attached hydrogens (tertiary/aromatic N) is 2. The van der Waals surface area contributed by atoms with Crippen molar-refractivity contribution in [3.63, 3.8) is 0 Å². The second-order valence-corrected chi connectivity index (χ2v) is 6.26. The molecule has 9 heteroatoms. The van der Waals surface area contributed by atoms with E-state index in [0.29, 0.717) is 34.3 Å². The van der Waals surface area contributed by atoms with E-state index < -0.39 is 11.9 Å². The van der Waals surface area contributed by atoms with E-state index in [1.54, 1.807) is 36.2 Å². The van der Waals surface area contributed by atoms with Crippen LogP contribution in [0.5, 0.6) is 5.75 Å². The molecule has 0 aliphatic heterocycles. The van der Waals surface area contributed by atoms with Gasteiger partial charge in [0, 0.05) is 25.6 Å². The third-order valence-electron chi connectivity index (χ3n) is 3.28. The Kier molecular flexibility index (Phi) is 6.07. The molecule has 0 aliphatic rings. The maximum atomic E-state index is 12.2. The first kappa shape index (κ1) is 18.4. The van der Waals surface area contributed by atoms with Crippen LogP contribution in [-0.4, -0.2) is 41.5 Å². The fourth-order valence-corrected chi connectivity index (χ4v) is 2.74. The largest absolute Gasteiger partial charge is 0.481 e. The first-order chi connectivity index (χ1) is 11.9. The van der Waals surface area contributed by atoms with Gasteiger partial charge in [0.05, 0.1) is 6.20 Å². The smallest absolute Gasteiger partial charge is 0.355 e. The zero-order valence-corrected chi connectivity index (χ0v) is 14.4. The number of esters is 1. The Labute approximate surface area is 148 Å². The van der Waals surface area contributed by atoms with E-state index in [9.17, 15) is 9.59 Å². The fraction of sp³-hybridized carbons (Fsp3) is 0.250. The van der Waals surface area contributed by atoms with Crippen molar-refractivity contribution in [2.24, 2.45) is 5.73 Å². The number of nitrogen functional groups attached to an aromatic ring is 1. The standard InChI is InChI=1S/C16H18N4O4S/c1-20(8-2-3-13(21)22)16-19-9-12(25-16)15(23)24-11-6-4-10(5-7-11)14(17)18/h4-7,9H,2-3,8H2,1H3,(H3,17,18)(H,21,22). The van der Waals surface area contributed by atoms with Crippen LogP contribution >= 0.6 is 11.3 Å². The van der Waals surface area contributed by atoms with Crippen LogP contribution in [0.3, 0.4) is 0 Å². The Morgan fingerprint density at radius 3 is 2.64 bits per heavy atom. The van der Waals surface area contributed by atoms with Crippen LogP contribution in [-0.2, 0) is 4.79 Å². The number of carboxylic acids is 1. The van der Waals surface area contributed by atoms with Crippen molar-refractivity contribution >= 4 is 34.2 Å². The predicted molar refractivity (Wildman–Crippen MR) is 94.7 cm³/mol. The highest BCUT2D eigenvalue weighted by Crippen LogP contribution is 2.23. The van der Waals surface area contributed by atoms with Crippen molar-refractivity contribution in [3.05, 3.63) is 40.9 Å². The van der Waals surface area contributed by atoms with Crippen LogP contribution in [0.4, 0.5) is 5.13 Å². The maximum Gasteiger partial charge on any atom is 0.355 e. The number of benzene rings is 1. The Bertz CT molecular complexity index is 773. The summed E-state index contributed by atoms with van der Waals surface area (Å²) < 4.78 is 5.26. The van der Waals surface area contributed by atoms with Gasteiger partial charge in [-0.1, -0.05) is 11.3 Å². The number of amidine groups is 1. The Hall–Kier alpha value is -2.94. The number of ether oxygens (including phenoxy) is 1. The lowest BCUT2D eigenvalue weighted by molar-refractivity contribution is -0.137. The van der Waals surface area contributed by atoms with Crippen LogP contribution in [0.15, 0.2) is 30.5 Å². The third-order valence-corrected chi connectivity index (χ3v) is 4.37. The van der Waals surface area contributed by atoms with E-state index >= 15 is 0 Å². The number of carbonyl (C=O) groups excluding carboxylic acids is 1. The molecule has 0 unspecified atom stereocenters. The summed E-state index contributed by atoms with van der Waals surface area (Å²) in [6.45, 7) is 0.529. The van der Waals surface area contributed by atoms with Crippen LogP contribution in [0, 0.1) is 5.41 Å². The number of aromatic nitrogens is 1. The first-order valence-corrected chi connectivity index (χ1v) is 8.24. The molecule has 0 atom stereocenters. The summed E-state index contributed by atoms with van der Waals surface area (Å²) in [4.78, 5) is 29.0. The molecule has 0 radical (unpaired) electrons. The molecule has 4 N–H and O–H groups in total. The number of carboxylic acid groups (broad SMARTS) is 1. The van der Waals surface area contributed by atoms with Gasteiger partial charge in [0.1, 0.15) is 16.5 Å². The summed E-state index contributed by atoms with van der Waals surface area (Å²) in [7, 11) is 1.79. The van der Waals surface area contributed by atoms with E-state index in [2.05, 4.69) is 4.98 Å². The predicted octanol–water partition coefficient (Wildman–Crippen LogP) is 1.95. The van der Waals surface area contributed by atoms with Crippen molar-refractivity contribution in [2.45, 2.75) is 12.8 Å². The zero-order valence-electron chi connectivity index (χ0n) is 13.6. The molecule has 0 fully saturated rings. The van der Waals surface area contributed by atoms with Gasteiger partial charge in [-0.2, -0.15) is 0 Å². The lowest BCUT2D eigenvalue weighted by Gasteiger charge is -2.14. The number of anilines is 1. The number of thiazole rings is 1. The highest BCUT2D eigenvalue weighted by atomic mass is 32.1. The van der Waals surface area contributed by atoms with Crippen molar-refractivity contribution in [3.8, 4) is 5.75 Å². The van der Waals surface area contributed by atoms with E-state index in [0.717, 1.165) is 0 Å². The van der Waals surface area contributed by atoms with Crippen molar-refractivity contribution < 1.29 is 19.4 Å². The van der Waals surface area contributed by atoms with Gasteiger partial charge in [-0.05, 0) is 30.7 Å². The molecule has 1 aromatic carbocycles. The molecule has 0 amide bonds. The average Bonchev–Trinajstić information content (AvgIpc) is 3.05. The van der Waals surface area contributed by atoms with Gasteiger partial charge in [0.25, 0.3) is 0 Å². The summed E-state index contributed by atoms with van der Waals surface area (Å²) in [5.41, 5.74) is 5.91. The summed E-state index contributed by atoms with van der Waals surface area (Å²) in [6, 6.07) is 6.32. The molecule has 132 valence electrons. The highest BCUT2D eigenvalue weighted by molar-refractivity contribution is 7.17. The zero-order chi connectivity index (χ0) is 18.4. The van der Waals surface area contributed by atoms with Crippen LogP contribution in [0.1, 0.15) is 28.1 Å². The van der Waals surface area contributed by atoms with Gasteiger partial charge in [0.15, 0.2) is 5.13 Å². The molecule has 25 heavy (non-hydrogen) atoms. The van der Waals surface area contributed by atoms with E-state index in [1.807, 2.05) is 0 Å². The molecule has 0 saturated carbocycles. The summed E-state index contributed by atoms with van der Waals surface area (Å²) >= 11 is 1.17. The minimum Gasteiger partial charge on any atom is -0.481 e. The fourth-order valence-electron chi connectivity index (χ4n) is 1.96. The van der Waals surface area contributed by atoms with Gasteiger partial charge in [-0.3, -0.25) is 10.2 Å². The van der Waals surface area contributed by atoms with Gasteiger partial charge < -0.3 is 20.5 Å². The molecule has 1 heterocycles. The van der Waals surface area contributed by atoms with Crippen molar-refractivity contribution in [1.29, 1.82) is 5.41 Å². The summed E-state index contributed by atoms with van der Waals surface area (Å²) in [5.74, 6) is -1.08. The Morgan fingerprint density at radius 1 is 1.36 bits per heavy atom. The maximum absolute atomic E-state index is 12.2. The number of nitrogens with one attached hydrogen (secondary N) is 1. The molecular formula is C16H18N4O4S. The van der Waals surface area contributed by atoms with Gasteiger partial charge in [0.2, 0.25) is 0 Å². The molecule has 2 rings (SSSR count). The number of hydrogen-bond acceptors (Lipinski definition) is 7. The molecule has 0 bridgehead atoms. The molecule has 8 nitrogen and oxygen atoms in total. The topological polar surface area (TPSA) is 130 Å². The van der Waals surface area contributed by atoms with Crippen molar-refractivity contribution in [2.75, 3.05) is 18.5 Å². The molecular weight excluding hydrogens is 344 g/mol. The average molecular weight is 362 g/mol. The van der Waals surface area contributed by atoms with Crippen LogP contribution in [0.2, 0.25) is 0 Å². The van der Waals surface area contributed by atoms with E-state index in [-0.39, 0.29) is 12.3 Å².